The average Bonchev–Trinajstić information content (AvgIpc) is 2.87. The van der Waals surface area contributed by atoms with Gasteiger partial charge in [0.15, 0.2) is 0 Å². The molecular formula is C14H20ClN3. The fourth-order valence-corrected chi connectivity index (χ4v) is 3.14. The van der Waals surface area contributed by atoms with Gasteiger partial charge in [-0.25, -0.2) is 4.98 Å². The van der Waals surface area contributed by atoms with Crippen molar-refractivity contribution >= 4 is 17.4 Å². The average molecular weight is 266 g/mol. The van der Waals surface area contributed by atoms with Crippen molar-refractivity contribution < 1.29 is 0 Å². The number of nitrogens with zero attached hydrogens (tertiary/aromatic N) is 3. The molecule has 4 heteroatoms. The minimum absolute atomic E-state index is 0.733. The molecule has 2 heterocycles. The predicted molar refractivity (Wildman–Crippen MR) is 75.6 cm³/mol. The first-order chi connectivity index (χ1) is 8.86. The van der Waals surface area contributed by atoms with Gasteiger partial charge in [-0.05, 0) is 30.9 Å². The van der Waals surface area contributed by atoms with E-state index in [1.54, 1.807) is 0 Å². The SMILES string of the molecule is ClCCN1CCN(c2ccc3c(n2)CCC3)CC1. The maximum atomic E-state index is 5.78. The Kier molecular flexibility index (Phi) is 3.71. The van der Waals surface area contributed by atoms with Crippen LogP contribution in [0.15, 0.2) is 12.1 Å². The number of rotatable bonds is 3. The number of halogens is 1. The third-order valence-corrected chi connectivity index (χ3v) is 4.18. The lowest BCUT2D eigenvalue weighted by Gasteiger charge is -2.35. The highest BCUT2D eigenvalue weighted by molar-refractivity contribution is 6.18. The maximum absolute atomic E-state index is 5.78. The van der Waals surface area contributed by atoms with Crippen molar-refractivity contribution in [2.24, 2.45) is 0 Å². The van der Waals surface area contributed by atoms with Gasteiger partial charge >= 0.3 is 0 Å². The van der Waals surface area contributed by atoms with E-state index in [1.807, 2.05) is 0 Å². The summed E-state index contributed by atoms with van der Waals surface area (Å²) in [6.45, 7) is 5.36. The van der Waals surface area contributed by atoms with E-state index in [4.69, 9.17) is 16.6 Å². The van der Waals surface area contributed by atoms with Gasteiger partial charge in [0.05, 0.1) is 0 Å². The number of hydrogen-bond acceptors (Lipinski definition) is 3. The van der Waals surface area contributed by atoms with Crippen LogP contribution in [0.3, 0.4) is 0 Å². The van der Waals surface area contributed by atoms with Crippen LogP contribution in [0, 0.1) is 0 Å². The zero-order valence-corrected chi connectivity index (χ0v) is 11.5. The Hall–Kier alpha value is -0.800. The minimum atomic E-state index is 0.733. The first kappa shape index (κ1) is 12.2. The van der Waals surface area contributed by atoms with E-state index in [0.717, 1.165) is 45.0 Å². The molecular weight excluding hydrogens is 246 g/mol. The molecule has 98 valence electrons. The lowest BCUT2D eigenvalue weighted by Crippen LogP contribution is -2.47. The van der Waals surface area contributed by atoms with E-state index in [0.29, 0.717) is 0 Å². The quantitative estimate of drug-likeness (QED) is 0.779. The molecule has 0 amide bonds. The number of fused-ring (bicyclic) bond motifs is 1. The molecule has 2 aliphatic rings. The maximum Gasteiger partial charge on any atom is 0.128 e. The summed E-state index contributed by atoms with van der Waals surface area (Å²) < 4.78 is 0. The van der Waals surface area contributed by atoms with Crippen LogP contribution in [0.1, 0.15) is 17.7 Å². The second kappa shape index (κ2) is 5.45. The van der Waals surface area contributed by atoms with E-state index in [9.17, 15) is 0 Å². The number of piperazine rings is 1. The van der Waals surface area contributed by atoms with Gasteiger partial charge in [0.2, 0.25) is 0 Å². The zero-order chi connectivity index (χ0) is 12.4. The van der Waals surface area contributed by atoms with Crippen LogP contribution in [-0.2, 0) is 12.8 Å². The minimum Gasteiger partial charge on any atom is -0.354 e. The lowest BCUT2D eigenvalue weighted by molar-refractivity contribution is 0.272. The molecule has 0 aromatic carbocycles. The molecule has 0 N–H and O–H groups in total. The van der Waals surface area contributed by atoms with Crippen molar-refractivity contribution in [3.8, 4) is 0 Å². The van der Waals surface area contributed by atoms with E-state index >= 15 is 0 Å². The Labute approximate surface area is 114 Å². The summed E-state index contributed by atoms with van der Waals surface area (Å²) in [6.07, 6.45) is 3.65. The Morgan fingerprint density at radius 1 is 1.11 bits per heavy atom. The monoisotopic (exact) mass is 265 g/mol. The zero-order valence-electron chi connectivity index (χ0n) is 10.7. The summed E-state index contributed by atoms with van der Waals surface area (Å²) in [5.41, 5.74) is 2.79. The van der Waals surface area contributed by atoms with Crippen LogP contribution in [-0.4, -0.2) is 48.5 Å². The molecule has 1 fully saturated rings. The number of aryl methyl sites for hydroxylation is 2. The van der Waals surface area contributed by atoms with Crippen LogP contribution in [0.5, 0.6) is 0 Å². The van der Waals surface area contributed by atoms with Gasteiger partial charge in [-0.1, -0.05) is 6.07 Å². The van der Waals surface area contributed by atoms with Crippen molar-refractivity contribution in [3.63, 3.8) is 0 Å². The normalized spacial score (nSPS) is 20.2. The Morgan fingerprint density at radius 2 is 1.94 bits per heavy atom. The molecule has 1 saturated heterocycles. The van der Waals surface area contributed by atoms with Crippen molar-refractivity contribution in [2.45, 2.75) is 19.3 Å². The molecule has 1 aliphatic carbocycles. The summed E-state index contributed by atoms with van der Waals surface area (Å²) in [6, 6.07) is 4.47. The third kappa shape index (κ3) is 2.47. The molecule has 0 unspecified atom stereocenters. The molecule has 0 radical (unpaired) electrons. The van der Waals surface area contributed by atoms with Gasteiger partial charge in [-0.3, -0.25) is 4.90 Å². The predicted octanol–water partition coefficient (Wildman–Crippen LogP) is 1.93. The molecule has 0 bridgehead atoms. The summed E-state index contributed by atoms with van der Waals surface area (Å²) in [5, 5.41) is 0. The molecule has 1 aromatic heterocycles. The molecule has 3 rings (SSSR count). The topological polar surface area (TPSA) is 19.4 Å². The fraction of sp³-hybridized carbons (Fsp3) is 0.643. The van der Waals surface area contributed by atoms with Gasteiger partial charge in [-0.15, -0.1) is 11.6 Å². The van der Waals surface area contributed by atoms with Crippen LogP contribution in [0.25, 0.3) is 0 Å². The lowest BCUT2D eigenvalue weighted by atomic mass is 10.2. The molecule has 3 nitrogen and oxygen atoms in total. The van der Waals surface area contributed by atoms with E-state index in [1.165, 1.54) is 29.9 Å². The van der Waals surface area contributed by atoms with Crippen LogP contribution >= 0.6 is 11.6 Å². The molecule has 18 heavy (non-hydrogen) atoms. The highest BCUT2D eigenvalue weighted by atomic mass is 35.5. The largest absolute Gasteiger partial charge is 0.354 e. The molecule has 0 atom stereocenters. The summed E-state index contributed by atoms with van der Waals surface area (Å²) in [4.78, 5) is 9.66. The Balaban J connectivity index is 1.66. The van der Waals surface area contributed by atoms with Gasteiger partial charge < -0.3 is 4.90 Å². The number of alkyl halides is 1. The molecule has 1 aliphatic heterocycles. The number of hydrogen-bond donors (Lipinski definition) is 0. The van der Waals surface area contributed by atoms with Crippen LogP contribution in [0.2, 0.25) is 0 Å². The second-order valence-corrected chi connectivity index (χ2v) is 5.52. The van der Waals surface area contributed by atoms with Gasteiger partial charge in [0.1, 0.15) is 5.82 Å². The highest BCUT2D eigenvalue weighted by Gasteiger charge is 2.19. The fourth-order valence-electron chi connectivity index (χ4n) is 2.91. The van der Waals surface area contributed by atoms with Crippen molar-refractivity contribution in [2.75, 3.05) is 43.5 Å². The first-order valence-corrected chi connectivity index (χ1v) is 7.42. The summed E-state index contributed by atoms with van der Waals surface area (Å²) >= 11 is 5.78. The third-order valence-electron chi connectivity index (χ3n) is 4.01. The Bertz CT molecular complexity index is 414. The smallest absolute Gasteiger partial charge is 0.128 e. The summed E-state index contributed by atoms with van der Waals surface area (Å²) in [7, 11) is 0. The molecule has 0 spiro atoms. The van der Waals surface area contributed by atoms with E-state index < -0.39 is 0 Å². The van der Waals surface area contributed by atoms with Gasteiger partial charge in [0.25, 0.3) is 0 Å². The van der Waals surface area contributed by atoms with Crippen molar-refractivity contribution in [1.29, 1.82) is 0 Å². The highest BCUT2D eigenvalue weighted by Crippen LogP contribution is 2.23. The van der Waals surface area contributed by atoms with E-state index in [2.05, 4.69) is 21.9 Å². The number of anilines is 1. The number of aromatic nitrogens is 1. The second-order valence-electron chi connectivity index (χ2n) is 5.15. The summed E-state index contributed by atoms with van der Waals surface area (Å²) in [5.74, 6) is 1.90. The van der Waals surface area contributed by atoms with Crippen molar-refractivity contribution in [1.82, 2.24) is 9.88 Å². The van der Waals surface area contributed by atoms with Crippen LogP contribution in [0.4, 0.5) is 5.82 Å². The molecule has 1 aromatic rings. The van der Waals surface area contributed by atoms with E-state index in [-0.39, 0.29) is 0 Å². The molecule has 0 saturated carbocycles. The number of pyridine rings is 1. The van der Waals surface area contributed by atoms with Gasteiger partial charge in [0, 0.05) is 44.3 Å². The first-order valence-electron chi connectivity index (χ1n) is 6.89. The standard InChI is InChI=1S/C14H20ClN3/c15-6-7-17-8-10-18(11-9-17)14-5-4-12-2-1-3-13(12)16-14/h4-5H,1-3,6-11H2. The van der Waals surface area contributed by atoms with Crippen LogP contribution < -0.4 is 4.90 Å². The Morgan fingerprint density at radius 3 is 2.72 bits per heavy atom. The van der Waals surface area contributed by atoms with Crippen molar-refractivity contribution in [3.05, 3.63) is 23.4 Å². The van der Waals surface area contributed by atoms with Gasteiger partial charge in [-0.2, -0.15) is 0 Å².